The van der Waals surface area contributed by atoms with Crippen LogP contribution in [0.1, 0.15) is 17.4 Å². The number of ether oxygens (including phenoxy) is 1. The minimum Gasteiger partial charge on any atom is -0.478 e. The monoisotopic (exact) mass is 490 g/mol. The third kappa shape index (κ3) is 4.77. The highest BCUT2D eigenvalue weighted by Gasteiger charge is 2.25. The number of carbonyl (C=O) groups is 1. The standard InChI is InChI=1S/C24H24F2N4O3.ClH/c1-14-2-3-17-19(27-14)10-16(25)11-21(17)30-6-4-29(5-7-30)12-22(31)15-8-18(26)24-20(9-15)28-23(32)13-33-24;/h2-3,8-11,22,31H,4-7,12-13H2,1H3,(H,28,32);1H. The molecule has 0 spiro atoms. The van der Waals surface area contributed by atoms with Crippen molar-refractivity contribution in [2.24, 2.45) is 0 Å². The highest BCUT2D eigenvalue weighted by molar-refractivity contribution is 5.95. The molecule has 0 saturated carbocycles. The number of rotatable bonds is 4. The molecule has 1 atom stereocenters. The van der Waals surface area contributed by atoms with Crippen LogP contribution in [0, 0.1) is 18.6 Å². The van der Waals surface area contributed by atoms with Crippen molar-refractivity contribution in [1.29, 1.82) is 0 Å². The van der Waals surface area contributed by atoms with E-state index in [0.717, 1.165) is 16.8 Å². The maximum atomic E-state index is 14.4. The van der Waals surface area contributed by atoms with Crippen molar-refractivity contribution in [3.63, 3.8) is 0 Å². The van der Waals surface area contributed by atoms with Gasteiger partial charge in [0.15, 0.2) is 18.2 Å². The van der Waals surface area contributed by atoms with Crippen LogP contribution in [-0.4, -0.2) is 60.2 Å². The molecule has 34 heavy (non-hydrogen) atoms. The van der Waals surface area contributed by atoms with Crippen molar-refractivity contribution >= 4 is 40.6 Å². The molecule has 1 fully saturated rings. The summed E-state index contributed by atoms with van der Waals surface area (Å²) < 4.78 is 33.7. The van der Waals surface area contributed by atoms with Crippen LogP contribution in [0.2, 0.25) is 0 Å². The van der Waals surface area contributed by atoms with E-state index >= 15 is 0 Å². The van der Waals surface area contributed by atoms with Crippen molar-refractivity contribution < 1.29 is 23.4 Å². The van der Waals surface area contributed by atoms with Gasteiger partial charge in [0.1, 0.15) is 5.82 Å². The Morgan fingerprint density at radius 1 is 1.15 bits per heavy atom. The number of aryl methyl sites for hydroxylation is 1. The number of pyridine rings is 1. The van der Waals surface area contributed by atoms with Gasteiger partial charge >= 0.3 is 0 Å². The second-order valence-electron chi connectivity index (χ2n) is 8.46. The summed E-state index contributed by atoms with van der Waals surface area (Å²) in [6.07, 6.45) is -0.933. The van der Waals surface area contributed by atoms with Crippen molar-refractivity contribution in [1.82, 2.24) is 9.88 Å². The number of aliphatic hydroxyl groups excluding tert-OH is 1. The number of fused-ring (bicyclic) bond motifs is 2. The summed E-state index contributed by atoms with van der Waals surface area (Å²) in [7, 11) is 0. The molecule has 1 unspecified atom stereocenters. The molecule has 2 aliphatic heterocycles. The normalized spacial score (nSPS) is 16.9. The number of β-amino-alcohol motifs (C(OH)–C–C–N with tert-alkyl or cyclic N) is 1. The fraction of sp³-hybridized carbons (Fsp3) is 0.333. The molecule has 0 bridgehead atoms. The number of aliphatic hydroxyl groups is 1. The molecule has 3 aromatic rings. The van der Waals surface area contributed by atoms with E-state index < -0.39 is 11.9 Å². The van der Waals surface area contributed by atoms with E-state index in [4.69, 9.17) is 4.74 Å². The Bertz CT molecular complexity index is 1230. The lowest BCUT2D eigenvalue weighted by molar-refractivity contribution is -0.118. The predicted molar refractivity (Wildman–Crippen MR) is 128 cm³/mol. The number of carbonyl (C=O) groups excluding carboxylic acids is 1. The number of benzene rings is 2. The molecule has 2 N–H and O–H groups in total. The van der Waals surface area contributed by atoms with Gasteiger partial charge < -0.3 is 20.1 Å². The van der Waals surface area contributed by atoms with Gasteiger partial charge in [-0.25, -0.2) is 8.78 Å². The lowest BCUT2D eigenvalue weighted by Gasteiger charge is -2.37. The SMILES string of the molecule is Cc1ccc2c(N3CCN(CC(O)c4cc(F)c5c(c4)NC(=O)CO5)CC3)cc(F)cc2n1.Cl. The first-order chi connectivity index (χ1) is 15.9. The third-order valence-electron chi connectivity index (χ3n) is 6.11. The molecule has 1 amide bonds. The van der Waals surface area contributed by atoms with Gasteiger partial charge in [0, 0.05) is 55.6 Å². The fourth-order valence-corrected chi connectivity index (χ4v) is 4.44. The number of anilines is 2. The Morgan fingerprint density at radius 2 is 1.91 bits per heavy atom. The number of amides is 1. The number of aromatic nitrogens is 1. The zero-order chi connectivity index (χ0) is 23.1. The minimum absolute atomic E-state index is 0. The maximum Gasteiger partial charge on any atom is 0.262 e. The molecular formula is C24H25ClF2N4O3. The molecule has 7 nitrogen and oxygen atoms in total. The molecule has 3 heterocycles. The lowest BCUT2D eigenvalue weighted by atomic mass is 10.1. The number of piperazine rings is 1. The molecular weight excluding hydrogens is 466 g/mol. The van der Waals surface area contributed by atoms with E-state index in [1.165, 1.54) is 18.2 Å². The van der Waals surface area contributed by atoms with E-state index in [1.807, 2.05) is 19.1 Å². The number of nitrogens with zero attached hydrogens (tertiary/aromatic N) is 3. The maximum absolute atomic E-state index is 14.4. The summed E-state index contributed by atoms with van der Waals surface area (Å²) in [6, 6.07) is 9.66. The Labute approximate surface area is 201 Å². The van der Waals surface area contributed by atoms with Crippen LogP contribution in [0.25, 0.3) is 10.9 Å². The quantitative estimate of drug-likeness (QED) is 0.583. The van der Waals surface area contributed by atoms with Gasteiger partial charge in [0.25, 0.3) is 5.91 Å². The van der Waals surface area contributed by atoms with Crippen LogP contribution < -0.4 is 15.0 Å². The van der Waals surface area contributed by atoms with Gasteiger partial charge in [-0.3, -0.25) is 14.7 Å². The van der Waals surface area contributed by atoms with Gasteiger partial charge in [-0.1, -0.05) is 0 Å². The van der Waals surface area contributed by atoms with Crippen LogP contribution in [0.5, 0.6) is 5.75 Å². The molecule has 2 aromatic carbocycles. The predicted octanol–water partition coefficient (Wildman–Crippen LogP) is 3.43. The van der Waals surface area contributed by atoms with E-state index in [-0.39, 0.29) is 42.2 Å². The van der Waals surface area contributed by atoms with Crippen molar-refractivity contribution in [2.45, 2.75) is 13.0 Å². The lowest BCUT2D eigenvalue weighted by Crippen LogP contribution is -2.47. The van der Waals surface area contributed by atoms with Gasteiger partial charge in [0.05, 0.1) is 17.3 Å². The summed E-state index contributed by atoms with van der Waals surface area (Å²) in [5.41, 5.74) is 2.88. The van der Waals surface area contributed by atoms with E-state index in [9.17, 15) is 18.7 Å². The second kappa shape index (κ2) is 9.69. The average molecular weight is 491 g/mol. The number of hydrogen-bond donors (Lipinski definition) is 2. The van der Waals surface area contributed by atoms with Crippen molar-refractivity contribution in [2.75, 3.05) is 49.5 Å². The summed E-state index contributed by atoms with van der Waals surface area (Å²) in [6.45, 7) is 4.58. The highest BCUT2D eigenvalue weighted by atomic mass is 35.5. The number of halogens is 3. The zero-order valence-corrected chi connectivity index (χ0v) is 19.4. The molecule has 1 saturated heterocycles. The number of hydrogen-bond acceptors (Lipinski definition) is 6. The molecule has 180 valence electrons. The molecule has 1 aromatic heterocycles. The molecule has 0 radical (unpaired) electrons. The van der Waals surface area contributed by atoms with Gasteiger partial charge in [-0.15, -0.1) is 12.4 Å². The minimum atomic E-state index is -0.933. The Kier molecular flexibility index (Phi) is 6.88. The number of nitrogens with one attached hydrogen (secondary N) is 1. The van der Waals surface area contributed by atoms with Gasteiger partial charge in [-0.2, -0.15) is 0 Å². The fourth-order valence-electron chi connectivity index (χ4n) is 4.44. The summed E-state index contributed by atoms with van der Waals surface area (Å²) >= 11 is 0. The van der Waals surface area contributed by atoms with Crippen LogP contribution in [0.4, 0.5) is 20.2 Å². The first-order valence-corrected chi connectivity index (χ1v) is 10.9. The smallest absolute Gasteiger partial charge is 0.262 e. The van der Waals surface area contributed by atoms with E-state index in [0.29, 0.717) is 43.8 Å². The summed E-state index contributed by atoms with van der Waals surface area (Å²) in [5.74, 6) is -1.31. The van der Waals surface area contributed by atoms with Crippen LogP contribution in [0.3, 0.4) is 0 Å². The average Bonchev–Trinajstić information content (AvgIpc) is 2.78. The highest BCUT2D eigenvalue weighted by Crippen LogP contribution is 2.34. The van der Waals surface area contributed by atoms with E-state index in [2.05, 4.69) is 20.1 Å². The van der Waals surface area contributed by atoms with Crippen LogP contribution in [-0.2, 0) is 4.79 Å². The molecule has 0 aliphatic carbocycles. The zero-order valence-electron chi connectivity index (χ0n) is 18.6. The Hall–Kier alpha value is -3.01. The first kappa shape index (κ1) is 24.1. The second-order valence-corrected chi connectivity index (χ2v) is 8.46. The topological polar surface area (TPSA) is 77.9 Å². The van der Waals surface area contributed by atoms with Gasteiger partial charge in [-0.05, 0) is 42.8 Å². The Morgan fingerprint density at radius 3 is 2.68 bits per heavy atom. The largest absolute Gasteiger partial charge is 0.478 e. The van der Waals surface area contributed by atoms with Gasteiger partial charge in [0.2, 0.25) is 0 Å². The van der Waals surface area contributed by atoms with Crippen molar-refractivity contribution in [3.8, 4) is 5.75 Å². The van der Waals surface area contributed by atoms with Crippen molar-refractivity contribution in [3.05, 3.63) is 59.3 Å². The first-order valence-electron chi connectivity index (χ1n) is 10.9. The molecule has 2 aliphatic rings. The van der Waals surface area contributed by atoms with Crippen LogP contribution >= 0.6 is 12.4 Å². The van der Waals surface area contributed by atoms with E-state index in [1.54, 1.807) is 6.07 Å². The van der Waals surface area contributed by atoms with Crippen LogP contribution in [0.15, 0.2) is 36.4 Å². The summed E-state index contributed by atoms with van der Waals surface area (Å²) in [4.78, 5) is 20.2. The summed E-state index contributed by atoms with van der Waals surface area (Å²) in [5, 5.41) is 14.2. The molecule has 10 heteroatoms. The Balaban J connectivity index is 0.00000274. The molecule has 5 rings (SSSR count). The third-order valence-corrected chi connectivity index (χ3v) is 6.11.